The monoisotopic (exact) mass is 241 g/mol. The van der Waals surface area contributed by atoms with Gasteiger partial charge in [0, 0.05) is 25.8 Å². The lowest BCUT2D eigenvalue weighted by atomic mass is 10.1. The van der Waals surface area contributed by atoms with Crippen LogP contribution in [0.5, 0.6) is 0 Å². The summed E-state index contributed by atoms with van der Waals surface area (Å²) in [6, 6.07) is 1.94. The number of carbonyl (C=O) groups excluding carboxylic acids is 1. The highest BCUT2D eigenvalue weighted by atomic mass is 35.5. The minimum atomic E-state index is 0.000556. The number of hydrogen-bond acceptors (Lipinski definition) is 2. The number of aromatic nitrogens is 1. The molecular formula is C11H16ClN3O. The molecule has 0 aromatic carbocycles. The topological polar surface area (TPSA) is 48.1 Å². The molecular weight excluding hydrogens is 226 g/mol. The fourth-order valence-corrected chi connectivity index (χ4v) is 2.17. The summed E-state index contributed by atoms with van der Waals surface area (Å²) in [6.07, 6.45) is 3.80. The minimum absolute atomic E-state index is 0.000556. The SMILES string of the molecule is CN(C(=O)c1cc(Cl)c[nH]1)C1CCCNC1. The third-order valence-corrected chi connectivity index (χ3v) is 3.24. The van der Waals surface area contributed by atoms with Crippen LogP contribution in [0.1, 0.15) is 23.3 Å². The largest absolute Gasteiger partial charge is 0.356 e. The van der Waals surface area contributed by atoms with Crippen LogP contribution in [0.25, 0.3) is 0 Å². The normalized spacial score (nSPS) is 20.8. The summed E-state index contributed by atoms with van der Waals surface area (Å²) in [5.41, 5.74) is 0.554. The highest BCUT2D eigenvalue weighted by Crippen LogP contribution is 2.14. The molecule has 1 fully saturated rings. The summed E-state index contributed by atoms with van der Waals surface area (Å²) >= 11 is 5.78. The lowest BCUT2D eigenvalue weighted by Crippen LogP contribution is -2.46. The Morgan fingerprint density at radius 3 is 3.00 bits per heavy atom. The highest BCUT2D eigenvalue weighted by molar-refractivity contribution is 6.30. The summed E-state index contributed by atoms with van der Waals surface area (Å²) in [4.78, 5) is 16.7. The second kappa shape index (κ2) is 4.89. The zero-order valence-electron chi connectivity index (χ0n) is 9.29. The van der Waals surface area contributed by atoms with Gasteiger partial charge in [-0.1, -0.05) is 11.6 Å². The zero-order valence-corrected chi connectivity index (χ0v) is 10.0. The molecule has 1 unspecified atom stereocenters. The molecule has 1 aromatic heterocycles. The summed E-state index contributed by atoms with van der Waals surface area (Å²) < 4.78 is 0. The van der Waals surface area contributed by atoms with Gasteiger partial charge in [-0.25, -0.2) is 0 Å². The van der Waals surface area contributed by atoms with E-state index in [1.54, 1.807) is 17.2 Å². The Balaban J connectivity index is 2.03. The summed E-state index contributed by atoms with van der Waals surface area (Å²) in [5.74, 6) is 0.000556. The Hall–Kier alpha value is -1.00. The number of nitrogens with one attached hydrogen (secondary N) is 2. The van der Waals surface area contributed by atoms with E-state index >= 15 is 0 Å². The van der Waals surface area contributed by atoms with Crippen LogP contribution in [0.2, 0.25) is 5.02 Å². The van der Waals surface area contributed by atoms with E-state index in [9.17, 15) is 4.79 Å². The van der Waals surface area contributed by atoms with E-state index in [-0.39, 0.29) is 11.9 Å². The molecule has 0 spiro atoms. The number of amides is 1. The fraction of sp³-hybridized carbons (Fsp3) is 0.545. The van der Waals surface area contributed by atoms with E-state index in [0.717, 1.165) is 25.9 Å². The molecule has 2 rings (SSSR count). The standard InChI is InChI=1S/C11H16ClN3O/c1-15(9-3-2-4-13-7-9)11(16)10-5-8(12)6-14-10/h5-6,9,13-14H,2-4,7H2,1H3. The van der Waals surface area contributed by atoms with Crippen LogP contribution in [0.3, 0.4) is 0 Å². The molecule has 1 aromatic rings. The van der Waals surface area contributed by atoms with Crippen molar-refractivity contribution in [3.63, 3.8) is 0 Å². The van der Waals surface area contributed by atoms with Crippen LogP contribution in [-0.2, 0) is 0 Å². The molecule has 1 atom stereocenters. The molecule has 2 heterocycles. The van der Waals surface area contributed by atoms with Gasteiger partial charge in [0.25, 0.3) is 5.91 Å². The third-order valence-electron chi connectivity index (χ3n) is 3.02. The van der Waals surface area contributed by atoms with E-state index < -0.39 is 0 Å². The quantitative estimate of drug-likeness (QED) is 0.824. The van der Waals surface area contributed by atoms with E-state index in [1.807, 2.05) is 7.05 Å². The number of piperidine rings is 1. The van der Waals surface area contributed by atoms with Crippen LogP contribution < -0.4 is 5.32 Å². The summed E-state index contributed by atoms with van der Waals surface area (Å²) in [5, 5.41) is 3.87. The minimum Gasteiger partial charge on any atom is -0.356 e. The predicted octanol–water partition coefficient (Wildman–Crippen LogP) is 1.49. The van der Waals surface area contributed by atoms with Gasteiger partial charge in [-0.05, 0) is 25.5 Å². The van der Waals surface area contributed by atoms with Crippen molar-refractivity contribution in [1.29, 1.82) is 0 Å². The van der Waals surface area contributed by atoms with Gasteiger partial charge in [-0.2, -0.15) is 0 Å². The van der Waals surface area contributed by atoms with E-state index in [0.29, 0.717) is 10.7 Å². The maximum Gasteiger partial charge on any atom is 0.270 e. The number of hydrogen-bond donors (Lipinski definition) is 2. The average molecular weight is 242 g/mol. The average Bonchev–Trinajstić information content (AvgIpc) is 2.75. The van der Waals surface area contributed by atoms with Gasteiger partial charge in [0.1, 0.15) is 5.69 Å². The Bertz CT molecular complexity index is 371. The van der Waals surface area contributed by atoms with Gasteiger partial charge in [0.05, 0.1) is 5.02 Å². The number of halogens is 1. The smallest absolute Gasteiger partial charge is 0.270 e. The molecule has 0 aliphatic carbocycles. The van der Waals surface area contributed by atoms with Gasteiger partial charge in [-0.15, -0.1) is 0 Å². The molecule has 2 N–H and O–H groups in total. The molecule has 1 aliphatic rings. The number of nitrogens with zero attached hydrogens (tertiary/aromatic N) is 1. The first-order chi connectivity index (χ1) is 7.68. The van der Waals surface area contributed by atoms with Crippen molar-refractivity contribution in [3.8, 4) is 0 Å². The lowest BCUT2D eigenvalue weighted by molar-refractivity contribution is 0.0703. The van der Waals surface area contributed by atoms with Crippen molar-refractivity contribution in [2.45, 2.75) is 18.9 Å². The number of likely N-dealkylation sites (N-methyl/N-ethyl adjacent to an activating group) is 1. The number of carbonyl (C=O) groups is 1. The maximum absolute atomic E-state index is 12.1. The van der Waals surface area contributed by atoms with Crippen molar-refractivity contribution < 1.29 is 4.79 Å². The molecule has 0 bridgehead atoms. The third kappa shape index (κ3) is 2.39. The van der Waals surface area contributed by atoms with Crippen molar-refractivity contribution >= 4 is 17.5 Å². The first kappa shape index (κ1) is 11.5. The molecule has 16 heavy (non-hydrogen) atoms. The first-order valence-corrected chi connectivity index (χ1v) is 5.88. The van der Waals surface area contributed by atoms with Crippen molar-refractivity contribution in [2.75, 3.05) is 20.1 Å². The van der Waals surface area contributed by atoms with Gasteiger partial charge in [-0.3, -0.25) is 4.79 Å². The molecule has 1 amide bonds. The fourth-order valence-electron chi connectivity index (χ4n) is 2.01. The van der Waals surface area contributed by atoms with Crippen molar-refractivity contribution in [3.05, 3.63) is 23.0 Å². The lowest BCUT2D eigenvalue weighted by Gasteiger charge is -2.31. The molecule has 0 saturated carbocycles. The highest BCUT2D eigenvalue weighted by Gasteiger charge is 2.23. The Labute approximate surface area is 100.0 Å². The van der Waals surface area contributed by atoms with Gasteiger partial charge in [0.15, 0.2) is 0 Å². The first-order valence-electron chi connectivity index (χ1n) is 5.50. The molecule has 4 nitrogen and oxygen atoms in total. The van der Waals surface area contributed by atoms with E-state index in [1.165, 1.54) is 0 Å². The summed E-state index contributed by atoms with van der Waals surface area (Å²) in [7, 11) is 1.84. The molecule has 1 saturated heterocycles. The molecule has 1 aliphatic heterocycles. The van der Waals surface area contributed by atoms with Crippen LogP contribution in [0, 0.1) is 0 Å². The molecule has 5 heteroatoms. The van der Waals surface area contributed by atoms with Gasteiger partial charge in [0.2, 0.25) is 0 Å². The van der Waals surface area contributed by atoms with Gasteiger partial charge >= 0.3 is 0 Å². The van der Waals surface area contributed by atoms with Crippen LogP contribution >= 0.6 is 11.6 Å². The second-order valence-electron chi connectivity index (χ2n) is 4.15. The van der Waals surface area contributed by atoms with E-state index in [2.05, 4.69) is 10.3 Å². The maximum atomic E-state index is 12.1. The summed E-state index contributed by atoms with van der Waals surface area (Å²) in [6.45, 7) is 1.92. The second-order valence-corrected chi connectivity index (χ2v) is 4.58. The van der Waals surface area contributed by atoms with Crippen LogP contribution in [0.4, 0.5) is 0 Å². The predicted molar refractivity (Wildman–Crippen MR) is 63.8 cm³/mol. The Morgan fingerprint density at radius 2 is 2.44 bits per heavy atom. The van der Waals surface area contributed by atoms with Crippen LogP contribution in [-0.4, -0.2) is 42.0 Å². The zero-order chi connectivity index (χ0) is 11.5. The number of H-pyrrole nitrogens is 1. The number of aromatic amines is 1. The van der Waals surface area contributed by atoms with Crippen LogP contribution in [0.15, 0.2) is 12.3 Å². The number of rotatable bonds is 2. The molecule has 88 valence electrons. The van der Waals surface area contributed by atoms with E-state index in [4.69, 9.17) is 11.6 Å². The van der Waals surface area contributed by atoms with Crippen molar-refractivity contribution in [2.24, 2.45) is 0 Å². The van der Waals surface area contributed by atoms with Crippen molar-refractivity contribution in [1.82, 2.24) is 15.2 Å². The Morgan fingerprint density at radius 1 is 1.62 bits per heavy atom. The Kier molecular flexibility index (Phi) is 3.51. The van der Waals surface area contributed by atoms with Gasteiger partial charge < -0.3 is 15.2 Å². The molecule has 0 radical (unpaired) electrons.